The summed E-state index contributed by atoms with van der Waals surface area (Å²) in [6.07, 6.45) is 78.5. The fourth-order valence-electron chi connectivity index (χ4n) is 5.98. The lowest BCUT2D eigenvalue weighted by molar-refractivity contribution is -0.162. The Morgan fingerprint density at radius 3 is 1.09 bits per heavy atom. The van der Waals surface area contributed by atoms with E-state index in [1.807, 2.05) is 0 Å². The minimum absolute atomic E-state index is 0.00707. The highest BCUT2D eigenvalue weighted by Gasteiger charge is 2.17. The normalized spacial score (nSPS) is 13.6. The molecule has 0 heterocycles. The molecule has 0 aliphatic rings. The largest absolute Gasteiger partial charge is 0.462 e. The highest BCUT2D eigenvalue weighted by atomic mass is 16.6. The van der Waals surface area contributed by atoms with Crippen molar-refractivity contribution >= 4 is 11.9 Å². The first-order valence-corrected chi connectivity index (χ1v) is 25.0. The van der Waals surface area contributed by atoms with Gasteiger partial charge >= 0.3 is 11.9 Å². The fourth-order valence-corrected chi connectivity index (χ4v) is 5.98. The van der Waals surface area contributed by atoms with Crippen LogP contribution in [0.15, 0.2) is 158 Å². The van der Waals surface area contributed by atoms with Gasteiger partial charge in [0.05, 0.1) is 13.2 Å². The molecule has 0 spiro atoms. The Hall–Kier alpha value is -4.48. The molecule has 0 radical (unpaired) electrons. The summed E-state index contributed by atoms with van der Waals surface area (Å²) in [6, 6.07) is 0. The van der Waals surface area contributed by atoms with Gasteiger partial charge in [-0.2, -0.15) is 0 Å². The van der Waals surface area contributed by atoms with Gasteiger partial charge in [0.1, 0.15) is 6.61 Å². The monoisotopic (exact) mass is 879 g/mol. The van der Waals surface area contributed by atoms with E-state index in [0.29, 0.717) is 25.9 Å². The molecule has 0 rings (SSSR count). The first-order valence-electron chi connectivity index (χ1n) is 25.0. The van der Waals surface area contributed by atoms with Gasteiger partial charge in [0.15, 0.2) is 6.10 Å². The number of allylic oxidation sites excluding steroid dienone is 25. The topological polar surface area (TPSA) is 61.8 Å². The first kappa shape index (κ1) is 59.5. The average molecular weight is 879 g/mol. The number of esters is 2. The molecule has 0 bridgehead atoms. The van der Waals surface area contributed by atoms with Crippen LogP contribution in [0.5, 0.6) is 0 Å². The molecule has 64 heavy (non-hydrogen) atoms. The van der Waals surface area contributed by atoms with Gasteiger partial charge in [0.2, 0.25) is 0 Å². The van der Waals surface area contributed by atoms with E-state index in [1.54, 1.807) is 0 Å². The summed E-state index contributed by atoms with van der Waals surface area (Å²) in [6.45, 7) is 7.16. The number of carbonyl (C=O) groups excluding carboxylic acids is 2. The molecule has 0 aromatic rings. The van der Waals surface area contributed by atoms with E-state index in [2.05, 4.69) is 179 Å². The lowest BCUT2D eigenvalue weighted by atomic mass is 10.1. The highest BCUT2D eigenvalue weighted by Crippen LogP contribution is 2.11. The van der Waals surface area contributed by atoms with Crippen LogP contribution in [0.2, 0.25) is 0 Å². The lowest BCUT2D eigenvalue weighted by Gasteiger charge is -2.18. The maximum atomic E-state index is 12.8. The van der Waals surface area contributed by atoms with Gasteiger partial charge in [0.25, 0.3) is 0 Å². The quantitative estimate of drug-likeness (QED) is 0.0347. The van der Waals surface area contributed by atoms with E-state index in [1.165, 1.54) is 0 Å². The third-order valence-corrected chi connectivity index (χ3v) is 9.56. The molecule has 0 fully saturated rings. The van der Waals surface area contributed by atoms with Crippen LogP contribution in [0.1, 0.15) is 175 Å². The third kappa shape index (κ3) is 50.2. The van der Waals surface area contributed by atoms with Crippen LogP contribution in [-0.2, 0) is 23.8 Å². The van der Waals surface area contributed by atoms with Crippen LogP contribution < -0.4 is 0 Å². The van der Waals surface area contributed by atoms with Crippen LogP contribution >= 0.6 is 0 Å². The molecule has 0 aromatic carbocycles. The summed E-state index contributed by atoms with van der Waals surface area (Å²) in [4.78, 5) is 25.4. The molecule has 0 aliphatic heterocycles. The summed E-state index contributed by atoms with van der Waals surface area (Å²) in [5.74, 6) is -0.541. The Kier molecular flexibility index (Phi) is 49.2. The van der Waals surface area contributed by atoms with Crippen LogP contribution in [0.25, 0.3) is 0 Å². The smallest absolute Gasteiger partial charge is 0.306 e. The molecule has 5 heteroatoms. The van der Waals surface area contributed by atoms with E-state index in [9.17, 15) is 9.59 Å². The molecular weight excluding hydrogens is 789 g/mol. The molecular formula is C59H90O5. The van der Waals surface area contributed by atoms with Gasteiger partial charge in [-0.15, -0.1) is 0 Å². The van der Waals surface area contributed by atoms with Crippen molar-refractivity contribution in [2.45, 2.75) is 181 Å². The van der Waals surface area contributed by atoms with Crippen molar-refractivity contribution in [3.05, 3.63) is 158 Å². The van der Waals surface area contributed by atoms with Crippen molar-refractivity contribution in [1.29, 1.82) is 0 Å². The zero-order valence-electron chi connectivity index (χ0n) is 40.7. The molecule has 0 aliphatic carbocycles. The Balaban J connectivity index is 4.55. The van der Waals surface area contributed by atoms with Crippen LogP contribution in [0, 0.1) is 0 Å². The number of carbonyl (C=O) groups is 2. The minimum Gasteiger partial charge on any atom is -0.462 e. The lowest BCUT2D eigenvalue weighted by Crippen LogP contribution is -2.30. The van der Waals surface area contributed by atoms with E-state index < -0.39 is 6.10 Å². The van der Waals surface area contributed by atoms with E-state index >= 15 is 0 Å². The molecule has 0 amide bonds. The van der Waals surface area contributed by atoms with E-state index in [-0.39, 0.29) is 25.2 Å². The molecule has 0 saturated heterocycles. The highest BCUT2D eigenvalue weighted by molar-refractivity contribution is 5.70. The number of hydrogen-bond acceptors (Lipinski definition) is 5. The van der Waals surface area contributed by atoms with Crippen molar-refractivity contribution in [3.63, 3.8) is 0 Å². The van der Waals surface area contributed by atoms with Crippen molar-refractivity contribution in [2.24, 2.45) is 0 Å². The Morgan fingerprint density at radius 2 is 0.672 bits per heavy atom. The maximum absolute atomic E-state index is 12.8. The second kappa shape index (κ2) is 52.9. The summed E-state index contributed by atoms with van der Waals surface area (Å²) < 4.78 is 17.2. The van der Waals surface area contributed by atoms with Crippen LogP contribution in [0.3, 0.4) is 0 Å². The Morgan fingerprint density at radius 1 is 0.344 bits per heavy atom. The molecule has 1 atom stereocenters. The summed E-state index contributed by atoms with van der Waals surface area (Å²) >= 11 is 0. The number of hydrogen-bond donors (Lipinski definition) is 0. The average Bonchev–Trinajstić information content (AvgIpc) is 3.30. The zero-order valence-corrected chi connectivity index (χ0v) is 40.7. The third-order valence-electron chi connectivity index (χ3n) is 9.56. The predicted molar refractivity (Wildman–Crippen MR) is 278 cm³/mol. The summed E-state index contributed by atoms with van der Waals surface area (Å²) in [5, 5.41) is 0. The van der Waals surface area contributed by atoms with E-state index in [4.69, 9.17) is 14.2 Å². The first-order chi connectivity index (χ1) is 31.6. The number of rotatable bonds is 43. The second-order valence-corrected chi connectivity index (χ2v) is 15.6. The molecule has 1 unspecified atom stereocenters. The van der Waals surface area contributed by atoms with Crippen LogP contribution in [-0.4, -0.2) is 37.9 Å². The SMILES string of the molecule is CC/C=C\C/C=C\C/C=C\C/C=C\C/C=C\CCCC(=O)OCC(COCC/C=C\C/C=C\C/C=C\C/C=C\C/C=C\CC)OC(=O)CCCCCCC/C=C\C/C=C\C/C=C\CC. The Bertz CT molecular complexity index is 1460. The molecule has 0 aromatic heterocycles. The maximum Gasteiger partial charge on any atom is 0.306 e. The van der Waals surface area contributed by atoms with Crippen LogP contribution in [0.4, 0.5) is 0 Å². The van der Waals surface area contributed by atoms with Crippen molar-refractivity contribution in [2.75, 3.05) is 19.8 Å². The Labute approximate surface area is 393 Å². The molecule has 356 valence electrons. The van der Waals surface area contributed by atoms with Gasteiger partial charge in [-0.3, -0.25) is 9.59 Å². The van der Waals surface area contributed by atoms with Gasteiger partial charge in [-0.25, -0.2) is 0 Å². The van der Waals surface area contributed by atoms with Gasteiger partial charge in [-0.1, -0.05) is 198 Å². The summed E-state index contributed by atoms with van der Waals surface area (Å²) in [5.41, 5.74) is 0. The molecule has 0 N–H and O–H groups in total. The van der Waals surface area contributed by atoms with Crippen molar-refractivity contribution in [1.82, 2.24) is 0 Å². The zero-order chi connectivity index (χ0) is 46.3. The second-order valence-electron chi connectivity index (χ2n) is 15.6. The predicted octanol–water partition coefficient (Wildman–Crippen LogP) is 17.1. The van der Waals surface area contributed by atoms with Gasteiger partial charge in [0, 0.05) is 12.8 Å². The van der Waals surface area contributed by atoms with Gasteiger partial charge < -0.3 is 14.2 Å². The number of ether oxygens (including phenoxy) is 3. The van der Waals surface area contributed by atoms with E-state index in [0.717, 1.165) is 135 Å². The fraction of sp³-hybridized carbons (Fsp3) is 0.525. The standard InChI is InChI=1S/C59H90O5/c1-4-7-10-13-16-19-22-25-28-30-32-34-37-40-43-46-49-52-58(60)63-56-57(55-62-54-51-48-45-42-39-36-33-29-26-23-20-17-14-11-8-5-2)64-59(61)53-50-47-44-41-38-35-31-27-24-21-18-15-12-9-6-3/h7-12,16-21,25-29,31-32,34,36,39-40,43,45,48,57H,4-6,13-15,22-24,30,33,35,37-38,41-42,44,46-47,49-56H2,1-3H3/b10-7-,11-8-,12-9-,19-16-,20-17-,21-18-,28-25-,29-26-,31-27-,34-32-,39-36-,43-40-,48-45-. The van der Waals surface area contributed by atoms with Gasteiger partial charge in [-0.05, 0) is 122 Å². The summed E-state index contributed by atoms with van der Waals surface area (Å²) in [7, 11) is 0. The molecule has 0 saturated carbocycles. The van der Waals surface area contributed by atoms with Crippen molar-refractivity contribution in [3.8, 4) is 0 Å². The number of unbranched alkanes of at least 4 members (excludes halogenated alkanes) is 6. The van der Waals surface area contributed by atoms with Crippen molar-refractivity contribution < 1.29 is 23.8 Å². The minimum atomic E-state index is -0.620. The molecule has 5 nitrogen and oxygen atoms in total.